The molecule has 1 saturated carbocycles. The Morgan fingerprint density at radius 3 is 1.81 bits per heavy atom. The molecule has 2 saturated heterocycles. The maximum atomic E-state index is 2.78. The van der Waals surface area contributed by atoms with Crippen LogP contribution in [-0.2, 0) is 0 Å². The lowest BCUT2D eigenvalue weighted by Gasteiger charge is -2.61. The van der Waals surface area contributed by atoms with E-state index < -0.39 is 0 Å². The highest BCUT2D eigenvalue weighted by Crippen LogP contribution is 2.55. The predicted molar refractivity (Wildman–Crippen MR) is 70.6 cm³/mol. The molecule has 0 aromatic rings. The zero-order valence-corrected chi connectivity index (χ0v) is 12.1. The van der Waals surface area contributed by atoms with E-state index in [9.17, 15) is 0 Å². The van der Waals surface area contributed by atoms with Crippen molar-refractivity contribution in [2.45, 2.75) is 78.8 Å². The molecule has 1 aliphatic carbocycles. The fourth-order valence-corrected chi connectivity index (χ4v) is 3.85. The third-order valence-corrected chi connectivity index (χ3v) is 5.28. The Bertz CT molecular complexity index is 258. The van der Waals surface area contributed by atoms with Crippen LogP contribution in [-0.4, -0.2) is 23.0 Å². The third-order valence-electron chi connectivity index (χ3n) is 5.28. The smallest absolute Gasteiger partial charge is 0.0128 e. The van der Waals surface area contributed by atoms with Gasteiger partial charge in [0.15, 0.2) is 0 Å². The van der Waals surface area contributed by atoms with Gasteiger partial charge in [0.05, 0.1) is 0 Å². The molecule has 3 aliphatic rings. The van der Waals surface area contributed by atoms with E-state index >= 15 is 0 Å². The molecule has 3 fully saturated rings. The molecule has 0 spiro atoms. The molecule has 0 aromatic heterocycles. The van der Waals surface area contributed by atoms with Crippen molar-refractivity contribution < 1.29 is 0 Å². The zero-order chi connectivity index (χ0) is 12.2. The van der Waals surface area contributed by atoms with Gasteiger partial charge >= 0.3 is 0 Å². The molecule has 0 amide bonds. The highest BCUT2D eigenvalue weighted by Gasteiger charge is 2.52. The summed E-state index contributed by atoms with van der Waals surface area (Å²) < 4.78 is 0. The Hall–Kier alpha value is -0.0400. The standard InChI is InChI=1S/C15H29N/c1-13(2,3)15-9-7-12(8-10-15)16(11-15)14(4,5)6/h12H,7-11H2,1-6H3. The topological polar surface area (TPSA) is 3.24 Å². The quantitative estimate of drug-likeness (QED) is 0.598. The first-order valence-corrected chi connectivity index (χ1v) is 6.93. The van der Waals surface area contributed by atoms with Crippen molar-refractivity contribution in [1.29, 1.82) is 0 Å². The molecular weight excluding hydrogens is 194 g/mol. The molecule has 1 nitrogen and oxygen atoms in total. The van der Waals surface area contributed by atoms with Crippen molar-refractivity contribution in [3.63, 3.8) is 0 Å². The Kier molecular flexibility index (Phi) is 2.70. The lowest BCUT2D eigenvalue weighted by Crippen LogP contribution is -2.63. The van der Waals surface area contributed by atoms with E-state index in [0.29, 0.717) is 16.4 Å². The highest BCUT2D eigenvalue weighted by atomic mass is 15.2. The summed E-state index contributed by atoms with van der Waals surface area (Å²) in [5.41, 5.74) is 1.39. The van der Waals surface area contributed by atoms with Gasteiger partial charge < -0.3 is 0 Å². The Balaban J connectivity index is 2.26. The second kappa shape index (κ2) is 3.48. The molecule has 0 aromatic carbocycles. The largest absolute Gasteiger partial charge is 0.295 e. The second-order valence-corrected chi connectivity index (χ2v) is 8.06. The lowest BCUT2D eigenvalue weighted by atomic mass is 9.55. The van der Waals surface area contributed by atoms with Gasteiger partial charge in [-0.25, -0.2) is 0 Å². The fraction of sp³-hybridized carbons (Fsp3) is 1.00. The first kappa shape index (κ1) is 12.4. The van der Waals surface area contributed by atoms with Gasteiger partial charge in [-0.1, -0.05) is 20.8 Å². The molecule has 16 heavy (non-hydrogen) atoms. The van der Waals surface area contributed by atoms with E-state index in [-0.39, 0.29) is 0 Å². The van der Waals surface area contributed by atoms with Gasteiger partial charge in [0.2, 0.25) is 0 Å². The normalized spacial score (nSPS) is 36.8. The van der Waals surface area contributed by atoms with Crippen LogP contribution in [0, 0.1) is 10.8 Å². The Morgan fingerprint density at radius 2 is 1.44 bits per heavy atom. The summed E-state index contributed by atoms with van der Waals surface area (Å²) in [4.78, 5) is 2.78. The third kappa shape index (κ3) is 1.81. The van der Waals surface area contributed by atoms with E-state index in [2.05, 4.69) is 46.4 Å². The van der Waals surface area contributed by atoms with Crippen molar-refractivity contribution in [2.75, 3.05) is 6.54 Å². The van der Waals surface area contributed by atoms with E-state index in [4.69, 9.17) is 0 Å². The van der Waals surface area contributed by atoms with Crippen LogP contribution in [0.1, 0.15) is 67.2 Å². The van der Waals surface area contributed by atoms with Gasteiger partial charge in [0, 0.05) is 18.1 Å². The van der Waals surface area contributed by atoms with Crippen LogP contribution in [0.15, 0.2) is 0 Å². The van der Waals surface area contributed by atoms with Crippen LogP contribution < -0.4 is 0 Å². The molecular formula is C15H29N. The number of rotatable bonds is 0. The fourth-order valence-electron chi connectivity index (χ4n) is 3.85. The molecule has 0 radical (unpaired) electrons. The average Bonchev–Trinajstić information content (AvgIpc) is 2.16. The summed E-state index contributed by atoms with van der Waals surface area (Å²) in [6, 6.07) is 0.865. The summed E-state index contributed by atoms with van der Waals surface area (Å²) in [7, 11) is 0. The number of piperidine rings is 2. The molecule has 2 heterocycles. The van der Waals surface area contributed by atoms with Crippen molar-refractivity contribution >= 4 is 0 Å². The van der Waals surface area contributed by atoms with Gasteiger partial charge in [-0.2, -0.15) is 0 Å². The van der Waals surface area contributed by atoms with E-state index in [1.165, 1.54) is 32.2 Å². The van der Waals surface area contributed by atoms with Gasteiger partial charge in [-0.15, -0.1) is 0 Å². The summed E-state index contributed by atoms with van der Waals surface area (Å²) in [5.74, 6) is 0. The van der Waals surface area contributed by atoms with Crippen LogP contribution in [0.25, 0.3) is 0 Å². The molecule has 2 bridgehead atoms. The monoisotopic (exact) mass is 223 g/mol. The van der Waals surface area contributed by atoms with Gasteiger partial charge in [-0.3, -0.25) is 4.90 Å². The summed E-state index contributed by atoms with van der Waals surface area (Å²) in [6.07, 6.45) is 5.75. The minimum absolute atomic E-state index is 0.349. The van der Waals surface area contributed by atoms with Crippen LogP contribution in [0.4, 0.5) is 0 Å². The number of hydrogen-bond donors (Lipinski definition) is 0. The molecule has 1 heteroatoms. The maximum Gasteiger partial charge on any atom is 0.0128 e. The Labute approximate surface area is 102 Å². The molecule has 3 rings (SSSR count). The van der Waals surface area contributed by atoms with Crippen molar-refractivity contribution in [2.24, 2.45) is 10.8 Å². The van der Waals surface area contributed by atoms with Crippen molar-refractivity contribution in [1.82, 2.24) is 4.90 Å². The molecule has 0 atom stereocenters. The van der Waals surface area contributed by atoms with Crippen molar-refractivity contribution in [3.8, 4) is 0 Å². The van der Waals surface area contributed by atoms with E-state index in [1.54, 1.807) is 0 Å². The Morgan fingerprint density at radius 1 is 0.938 bits per heavy atom. The predicted octanol–water partition coefficient (Wildman–Crippen LogP) is 4.08. The van der Waals surface area contributed by atoms with E-state index in [1.807, 2.05) is 0 Å². The van der Waals surface area contributed by atoms with Crippen LogP contribution in [0.3, 0.4) is 0 Å². The summed E-state index contributed by atoms with van der Waals surface area (Å²) in [6.45, 7) is 15.8. The molecule has 0 unspecified atom stereocenters. The molecule has 2 aliphatic heterocycles. The van der Waals surface area contributed by atoms with Gasteiger partial charge in [-0.05, 0) is 57.3 Å². The SMILES string of the molecule is CC(C)(C)N1CC2(C(C)(C)C)CCC1CC2. The van der Waals surface area contributed by atoms with Crippen LogP contribution in [0.2, 0.25) is 0 Å². The summed E-state index contributed by atoms with van der Waals surface area (Å²) in [5, 5.41) is 0. The molecule has 94 valence electrons. The maximum absolute atomic E-state index is 2.78. The summed E-state index contributed by atoms with van der Waals surface area (Å²) >= 11 is 0. The molecule has 0 N–H and O–H groups in total. The van der Waals surface area contributed by atoms with Gasteiger partial charge in [0.25, 0.3) is 0 Å². The van der Waals surface area contributed by atoms with Crippen LogP contribution >= 0.6 is 0 Å². The average molecular weight is 223 g/mol. The van der Waals surface area contributed by atoms with Gasteiger partial charge in [0.1, 0.15) is 0 Å². The minimum atomic E-state index is 0.349. The number of hydrogen-bond acceptors (Lipinski definition) is 1. The zero-order valence-electron chi connectivity index (χ0n) is 12.1. The number of fused-ring (bicyclic) bond motifs is 3. The first-order valence-electron chi connectivity index (χ1n) is 6.93. The second-order valence-electron chi connectivity index (χ2n) is 8.06. The highest BCUT2D eigenvalue weighted by molar-refractivity contribution is 5.05. The van der Waals surface area contributed by atoms with Crippen molar-refractivity contribution in [3.05, 3.63) is 0 Å². The van der Waals surface area contributed by atoms with E-state index in [0.717, 1.165) is 6.04 Å². The van der Waals surface area contributed by atoms with Crippen LogP contribution in [0.5, 0.6) is 0 Å². The minimum Gasteiger partial charge on any atom is -0.295 e. The first-order chi connectivity index (χ1) is 7.16. The lowest BCUT2D eigenvalue weighted by molar-refractivity contribution is -0.116. The number of nitrogens with zero attached hydrogens (tertiary/aromatic N) is 1.